The molecule has 0 bridgehead atoms. The van der Waals surface area contributed by atoms with Crippen molar-refractivity contribution in [2.24, 2.45) is 0 Å². The number of hydrogen-bond acceptors (Lipinski definition) is 5. The first-order valence-corrected chi connectivity index (χ1v) is 5.18. The van der Waals surface area contributed by atoms with Gasteiger partial charge in [0.05, 0.1) is 0 Å². The Bertz CT molecular complexity index is 418. The fourth-order valence-electron chi connectivity index (χ4n) is 1.55. The van der Waals surface area contributed by atoms with Gasteiger partial charge in [0.25, 0.3) is 0 Å². The normalized spacial score (nSPS) is 11.9. The number of aliphatic hydroxyl groups excluding tert-OH is 1. The highest BCUT2D eigenvalue weighted by atomic mass is 17.0. The summed E-state index contributed by atoms with van der Waals surface area (Å²) in [5.41, 5.74) is 1.13. The van der Waals surface area contributed by atoms with Crippen LogP contribution in [0.2, 0.25) is 0 Å². The van der Waals surface area contributed by atoms with Crippen LogP contribution in [0.4, 0.5) is 0 Å². The Balaban J connectivity index is 2.90. The van der Waals surface area contributed by atoms with Crippen molar-refractivity contribution in [3.8, 4) is 0 Å². The number of carbonyl (C=O) groups excluding carboxylic acids is 1. The number of benzene rings is 1. The summed E-state index contributed by atoms with van der Waals surface area (Å²) in [6.07, 6.45) is -0.101. The van der Waals surface area contributed by atoms with Gasteiger partial charge in [0.1, 0.15) is 0 Å². The van der Waals surface area contributed by atoms with E-state index in [2.05, 4.69) is 4.84 Å². The monoisotopic (exact) mass is 239 g/mol. The summed E-state index contributed by atoms with van der Waals surface area (Å²) in [4.78, 5) is 24.9. The third kappa shape index (κ3) is 3.53. The molecule has 0 radical (unpaired) electrons. The lowest BCUT2D eigenvalue weighted by Gasteiger charge is -2.12. The lowest BCUT2D eigenvalue weighted by Crippen LogP contribution is -2.19. The third-order valence-electron chi connectivity index (χ3n) is 2.26. The summed E-state index contributed by atoms with van der Waals surface area (Å²) in [7, 11) is 0. The maximum Gasteiger partial charge on any atom is 0.336 e. The van der Waals surface area contributed by atoms with Crippen LogP contribution < -0.4 is 0 Å². The first-order valence-electron chi connectivity index (χ1n) is 5.18. The van der Waals surface area contributed by atoms with Gasteiger partial charge in [-0.15, -0.1) is 10.1 Å². The zero-order valence-electron chi connectivity index (χ0n) is 9.33. The van der Waals surface area contributed by atoms with Gasteiger partial charge >= 0.3 is 11.1 Å². The number of rotatable bonds is 5. The molecule has 0 saturated carbocycles. The molecule has 6 heteroatoms. The van der Waals surface area contributed by atoms with Gasteiger partial charge in [-0.2, -0.15) is 0 Å². The molecule has 1 unspecified atom stereocenters. The molecule has 17 heavy (non-hydrogen) atoms. The predicted molar refractivity (Wildman–Crippen MR) is 58.5 cm³/mol. The van der Waals surface area contributed by atoms with Crippen LogP contribution in [0.3, 0.4) is 0 Å². The van der Waals surface area contributed by atoms with Gasteiger partial charge in [0.2, 0.25) is 0 Å². The molecule has 0 aliphatic heterocycles. The van der Waals surface area contributed by atoms with Gasteiger partial charge in [-0.3, -0.25) is 4.79 Å². The molecule has 0 saturated heterocycles. The molecule has 0 heterocycles. The van der Waals surface area contributed by atoms with E-state index in [1.807, 2.05) is 6.92 Å². The van der Waals surface area contributed by atoms with Crippen molar-refractivity contribution in [3.63, 3.8) is 0 Å². The van der Waals surface area contributed by atoms with Crippen LogP contribution in [-0.4, -0.2) is 16.2 Å². The van der Waals surface area contributed by atoms with Crippen molar-refractivity contribution in [3.05, 3.63) is 45.5 Å². The standard InChI is InChI=1S/C11H13NO5/c1-2-5-8-6-3-4-7-9(8)10(13)11(14)17-12(15)16/h3-4,6-7,10,13H,2,5H2,1H3. The first kappa shape index (κ1) is 13.1. The Kier molecular flexibility index (Phi) is 4.59. The van der Waals surface area contributed by atoms with Crippen molar-refractivity contribution < 1.29 is 19.8 Å². The Morgan fingerprint density at radius 1 is 1.53 bits per heavy atom. The fraction of sp³-hybridized carbons (Fsp3) is 0.364. The minimum absolute atomic E-state index is 0.348. The van der Waals surface area contributed by atoms with Crippen molar-refractivity contribution in [1.82, 2.24) is 0 Å². The van der Waals surface area contributed by atoms with Gasteiger partial charge in [-0.25, -0.2) is 4.84 Å². The van der Waals surface area contributed by atoms with Crippen molar-refractivity contribution in [1.29, 1.82) is 0 Å². The van der Waals surface area contributed by atoms with Crippen LogP contribution in [-0.2, 0) is 16.1 Å². The second-order valence-corrected chi connectivity index (χ2v) is 3.49. The van der Waals surface area contributed by atoms with Crippen LogP contribution in [0.5, 0.6) is 0 Å². The number of aliphatic hydroxyl groups is 1. The summed E-state index contributed by atoms with van der Waals surface area (Å²) in [5, 5.41) is 18.4. The van der Waals surface area contributed by atoms with E-state index >= 15 is 0 Å². The molecule has 1 atom stereocenters. The summed E-state index contributed by atoms with van der Waals surface area (Å²) in [6.45, 7) is 1.96. The molecule has 0 amide bonds. The van der Waals surface area contributed by atoms with Gasteiger partial charge < -0.3 is 5.11 Å². The second-order valence-electron chi connectivity index (χ2n) is 3.49. The Morgan fingerprint density at radius 2 is 2.18 bits per heavy atom. The highest BCUT2D eigenvalue weighted by molar-refractivity contribution is 5.76. The van der Waals surface area contributed by atoms with E-state index in [1.165, 1.54) is 0 Å². The quantitative estimate of drug-likeness (QED) is 0.619. The largest absolute Gasteiger partial charge is 0.378 e. The molecule has 1 aromatic rings. The summed E-state index contributed by atoms with van der Waals surface area (Å²) in [5.74, 6) is -1.28. The number of hydrogen-bond donors (Lipinski definition) is 1. The highest BCUT2D eigenvalue weighted by Crippen LogP contribution is 2.20. The lowest BCUT2D eigenvalue weighted by molar-refractivity contribution is -0.730. The van der Waals surface area contributed by atoms with Gasteiger partial charge in [0.15, 0.2) is 6.10 Å². The maximum atomic E-state index is 11.2. The van der Waals surface area contributed by atoms with Crippen LogP contribution in [0.25, 0.3) is 0 Å². The first-order chi connectivity index (χ1) is 8.06. The smallest absolute Gasteiger partial charge is 0.336 e. The van der Waals surface area contributed by atoms with Crippen LogP contribution >= 0.6 is 0 Å². The Labute approximate surface area is 97.9 Å². The Hall–Kier alpha value is -1.95. The van der Waals surface area contributed by atoms with E-state index < -0.39 is 17.2 Å². The number of nitrogens with zero attached hydrogens (tertiary/aromatic N) is 1. The van der Waals surface area contributed by atoms with E-state index in [4.69, 9.17) is 0 Å². The fourth-order valence-corrected chi connectivity index (χ4v) is 1.55. The molecule has 0 aliphatic rings. The molecule has 1 aromatic carbocycles. The average Bonchev–Trinajstić information content (AvgIpc) is 2.28. The van der Waals surface area contributed by atoms with E-state index in [0.717, 1.165) is 12.0 Å². The predicted octanol–water partition coefficient (Wildman–Crippen LogP) is 1.41. The highest BCUT2D eigenvalue weighted by Gasteiger charge is 2.23. The topological polar surface area (TPSA) is 89.7 Å². The number of aryl methyl sites for hydroxylation is 1. The number of carbonyl (C=O) groups is 1. The molecule has 1 N–H and O–H groups in total. The maximum absolute atomic E-state index is 11.2. The molecule has 0 aromatic heterocycles. The van der Waals surface area contributed by atoms with Gasteiger partial charge in [-0.1, -0.05) is 37.6 Å². The van der Waals surface area contributed by atoms with E-state index in [9.17, 15) is 20.0 Å². The van der Waals surface area contributed by atoms with E-state index in [0.29, 0.717) is 12.0 Å². The molecule has 0 spiro atoms. The summed E-state index contributed by atoms with van der Waals surface area (Å²) >= 11 is 0. The zero-order chi connectivity index (χ0) is 12.8. The minimum atomic E-state index is -1.62. The van der Waals surface area contributed by atoms with Gasteiger partial charge in [0, 0.05) is 0 Å². The van der Waals surface area contributed by atoms with E-state index in [1.54, 1.807) is 24.3 Å². The van der Waals surface area contributed by atoms with Crippen molar-refractivity contribution >= 4 is 5.97 Å². The zero-order valence-corrected chi connectivity index (χ0v) is 9.33. The molecule has 1 rings (SSSR count). The summed E-state index contributed by atoms with van der Waals surface area (Å²) in [6, 6.07) is 6.75. The van der Waals surface area contributed by atoms with Crippen LogP contribution in [0.1, 0.15) is 30.6 Å². The second kappa shape index (κ2) is 5.95. The van der Waals surface area contributed by atoms with Gasteiger partial charge in [-0.05, 0) is 17.5 Å². The van der Waals surface area contributed by atoms with E-state index in [-0.39, 0.29) is 0 Å². The third-order valence-corrected chi connectivity index (χ3v) is 2.26. The summed E-state index contributed by atoms with van der Waals surface area (Å²) < 4.78 is 0. The Morgan fingerprint density at radius 3 is 2.76 bits per heavy atom. The molecule has 0 fully saturated rings. The SMILES string of the molecule is CCCc1ccccc1C(O)C(=O)O[N+](=O)[O-]. The van der Waals surface area contributed by atoms with Crippen LogP contribution in [0.15, 0.2) is 24.3 Å². The molecule has 0 aliphatic carbocycles. The minimum Gasteiger partial charge on any atom is -0.378 e. The van der Waals surface area contributed by atoms with Crippen LogP contribution in [0, 0.1) is 10.1 Å². The molecular weight excluding hydrogens is 226 g/mol. The molecular formula is C11H13NO5. The van der Waals surface area contributed by atoms with Crippen molar-refractivity contribution in [2.45, 2.75) is 25.9 Å². The van der Waals surface area contributed by atoms with Crippen molar-refractivity contribution in [2.75, 3.05) is 0 Å². The molecule has 92 valence electrons. The lowest BCUT2D eigenvalue weighted by atomic mass is 9.99. The molecule has 6 nitrogen and oxygen atoms in total. The average molecular weight is 239 g/mol.